The maximum absolute atomic E-state index is 11.5. The van der Waals surface area contributed by atoms with Gasteiger partial charge >= 0.3 is 12.1 Å². The van der Waals surface area contributed by atoms with Gasteiger partial charge in [0.05, 0.1) is 5.92 Å². The van der Waals surface area contributed by atoms with Crippen molar-refractivity contribution < 1.29 is 19.4 Å². The second kappa shape index (κ2) is 7.03. The third-order valence-corrected chi connectivity index (χ3v) is 2.85. The molecule has 0 bridgehead atoms. The van der Waals surface area contributed by atoms with Crippen LogP contribution in [-0.2, 0) is 9.53 Å². The lowest BCUT2D eigenvalue weighted by Gasteiger charge is -2.20. The molecule has 0 aromatic carbocycles. The molecule has 0 radical (unpaired) electrons. The van der Waals surface area contributed by atoms with Crippen molar-refractivity contribution >= 4 is 12.1 Å². The largest absolute Gasteiger partial charge is 0.481 e. The monoisotopic (exact) mass is 255 g/mol. The molecule has 0 spiro atoms. The van der Waals surface area contributed by atoms with Gasteiger partial charge in [0, 0.05) is 6.04 Å². The van der Waals surface area contributed by atoms with E-state index in [-0.39, 0.29) is 18.1 Å². The van der Waals surface area contributed by atoms with Crippen molar-refractivity contribution in [2.24, 2.45) is 5.92 Å². The van der Waals surface area contributed by atoms with Crippen molar-refractivity contribution in [1.82, 2.24) is 5.32 Å². The Bertz CT molecular complexity index is 325. The zero-order valence-electron chi connectivity index (χ0n) is 10.9. The second-order valence-corrected chi connectivity index (χ2v) is 4.86. The van der Waals surface area contributed by atoms with E-state index < -0.39 is 12.1 Å². The Morgan fingerprint density at radius 1 is 1.33 bits per heavy atom. The quantitative estimate of drug-likeness (QED) is 0.759. The summed E-state index contributed by atoms with van der Waals surface area (Å²) in [5.74, 6) is -1.11. The standard InChI is InChI=1S/C13H21NO4/c1-9(2)14-13(17)18-11-6-4-3-5-10(7-8-11)12(15)16/h4,6,9-11H,3,5,7-8H2,1-2H3,(H,14,17)(H,15,16)/b6-4+. The van der Waals surface area contributed by atoms with Gasteiger partial charge in [0.15, 0.2) is 0 Å². The van der Waals surface area contributed by atoms with Gasteiger partial charge in [-0.1, -0.05) is 6.08 Å². The third-order valence-electron chi connectivity index (χ3n) is 2.85. The number of allylic oxidation sites excluding steroid dienone is 1. The number of carboxylic acid groups (broad SMARTS) is 1. The van der Waals surface area contributed by atoms with Gasteiger partial charge in [-0.15, -0.1) is 0 Å². The van der Waals surface area contributed by atoms with Gasteiger partial charge in [-0.2, -0.15) is 0 Å². The second-order valence-electron chi connectivity index (χ2n) is 4.86. The number of aliphatic carboxylic acids is 1. The molecule has 0 saturated carbocycles. The van der Waals surface area contributed by atoms with E-state index in [9.17, 15) is 9.59 Å². The number of hydrogen-bond acceptors (Lipinski definition) is 3. The average Bonchev–Trinajstić information content (AvgIpc) is 2.20. The maximum Gasteiger partial charge on any atom is 0.407 e. The summed E-state index contributed by atoms with van der Waals surface area (Å²) in [7, 11) is 0. The summed E-state index contributed by atoms with van der Waals surface area (Å²) in [5, 5.41) is 11.6. The van der Waals surface area contributed by atoms with E-state index in [0.717, 1.165) is 0 Å². The Hall–Kier alpha value is -1.52. The molecular formula is C13H21NO4. The predicted octanol–water partition coefficient (Wildman–Crippen LogP) is 2.32. The van der Waals surface area contributed by atoms with Gasteiger partial charge < -0.3 is 15.2 Å². The first-order chi connectivity index (χ1) is 8.49. The van der Waals surface area contributed by atoms with Crippen LogP contribution in [0.1, 0.15) is 39.5 Å². The van der Waals surface area contributed by atoms with Crippen LogP contribution in [0.3, 0.4) is 0 Å². The highest BCUT2D eigenvalue weighted by molar-refractivity contribution is 5.70. The first kappa shape index (κ1) is 14.5. The van der Waals surface area contributed by atoms with Crippen molar-refractivity contribution in [3.05, 3.63) is 12.2 Å². The van der Waals surface area contributed by atoms with E-state index in [0.29, 0.717) is 25.7 Å². The third kappa shape index (κ3) is 5.21. The van der Waals surface area contributed by atoms with E-state index in [1.807, 2.05) is 26.0 Å². The fraction of sp³-hybridized carbons (Fsp3) is 0.692. The summed E-state index contributed by atoms with van der Waals surface area (Å²) < 4.78 is 5.24. The number of carbonyl (C=O) groups excluding carboxylic acids is 1. The van der Waals surface area contributed by atoms with Crippen molar-refractivity contribution in [2.45, 2.75) is 51.7 Å². The topological polar surface area (TPSA) is 75.6 Å². The number of nitrogens with one attached hydrogen (secondary N) is 1. The molecule has 1 aliphatic rings. The van der Waals surface area contributed by atoms with Crippen molar-refractivity contribution in [2.75, 3.05) is 0 Å². The molecule has 1 aliphatic carbocycles. The van der Waals surface area contributed by atoms with Crippen LogP contribution in [0, 0.1) is 5.92 Å². The van der Waals surface area contributed by atoms with Crippen LogP contribution >= 0.6 is 0 Å². The highest BCUT2D eigenvalue weighted by Crippen LogP contribution is 2.20. The van der Waals surface area contributed by atoms with Crippen LogP contribution in [0.15, 0.2) is 12.2 Å². The number of amides is 1. The summed E-state index contributed by atoms with van der Waals surface area (Å²) >= 11 is 0. The van der Waals surface area contributed by atoms with Gasteiger partial charge in [0.25, 0.3) is 0 Å². The molecule has 0 aromatic heterocycles. The molecule has 18 heavy (non-hydrogen) atoms. The molecule has 1 amide bonds. The molecule has 2 unspecified atom stereocenters. The Balaban J connectivity index is 2.48. The lowest BCUT2D eigenvalue weighted by Crippen LogP contribution is -2.33. The van der Waals surface area contributed by atoms with Crippen LogP contribution in [0.4, 0.5) is 4.79 Å². The van der Waals surface area contributed by atoms with E-state index in [1.165, 1.54) is 0 Å². The Morgan fingerprint density at radius 3 is 2.67 bits per heavy atom. The minimum Gasteiger partial charge on any atom is -0.481 e. The van der Waals surface area contributed by atoms with Crippen LogP contribution in [0.5, 0.6) is 0 Å². The maximum atomic E-state index is 11.5. The van der Waals surface area contributed by atoms with Gasteiger partial charge in [-0.3, -0.25) is 4.79 Å². The normalized spacial score (nSPS) is 25.9. The molecular weight excluding hydrogens is 234 g/mol. The molecule has 0 fully saturated rings. The van der Waals surface area contributed by atoms with Gasteiger partial charge in [0.2, 0.25) is 0 Å². The van der Waals surface area contributed by atoms with Crippen LogP contribution in [0.2, 0.25) is 0 Å². The number of hydrogen-bond donors (Lipinski definition) is 2. The van der Waals surface area contributed by atoms with Crippen molar-refractivity contribution in [3.63, 3.8) is 0 Å². The van der Waals surface area contributed by atoms with Gasteiger partial charge in [0.1, 0.15) is 6.10 Å². The molecule has 102 valence electrons. The summed E-state index contributed by atoms with van der Waals surface area (Å²) in [4.78, 5) is 22.4. The van der Waals surface area contributed by atoms with Crippen LogP contribution < -0.4 is 5.32 Å². The minimum atomic E-state index is -0.768. The number of alkyl carbamates (subject to hydrolysis) is 1. The first-order valence-electron chi connectivity index (χ1n) is 6.35. The molecule has 2 N–H and O–H groups in total. The van der Waals surface area contributed by atoms with E-state index in [1.54, 1.807) is 0 Å². The Morgan fingerprint density at radius 2 is 2.06 bits per heavy atom. The zero-order chi connectivity index (χ0) is 13.5. The number of ether oxygens (including phenoxy) is 1. The lowest BCUT2D eigenvalue weighted by atomic mass is 9.93. The predicted molar refractivity (Wildman–Crippen MR) is 67.3 cm³/mol. The molecule has 0 saturated heterocycles. The van der Waals surface area contributed by atoms with Crippen LogP contribution in [0.25, 0.3) is 0 Å². The zero-order valence-corrected chi connectivity index (χ0v) is 10.9. The van der Waals surface area contributed by atoms with Crippen molar-refractivity contribution in [1.29, 1.82) is 0 Å². The number of carboxylic acids is 1. The Labute approximate surface area is 107 Å². The molecule has 0 heterocycles. The molecule has 2 atom stereocenters. The fourth-order valence-corrected chi connectivity index (χ4v) is 1.90. The number of rotatable bonds is 3. The van der Waals surface area contributed by atoms with Gasteiger partial charge in [-0.25, -0.2) is 4.79 Å². The smallest absolute Gasteiger partial charge is 0.407 e. The van der Waals surface area contributed by atoms with Crippen molar-refractivity contribution in [3.8, 4) is 0 Å². The minimum absolute atomic E-state index is 0.0294. The summed E-state index contributed by atoms with van der Waals surface area (Å²) in [5.41, 5.74) is 0. The summed E-state index contributed by atoms with van der Waals surface area (Å²) in [6.45, 7) is 3.71. The highest BCUT2D eigenvalue weighted by Gasteiger charge is 2.21. The van der Waals surface area contributed by atoms with E-state index in [2.05, 4.69) is 5.32 Å². The van der Waals surface area contributed by atoms with E-state index >= 15 is 0 Å². The fourth-order valence-electron chi connectivity index (χ4n) is 1.90. The molecule has 1 rings (SSSR count). The Kier molecular flexibility index (Phi) is 5.68. The molecule has 5 nitrogen and oxygen atoms in total. The van der Waals surface area contributed by atoms with E-state index in [4.69, 9.17) is 9.84 Å². The molecule has 5 heteroatoms. The molecule has 0 aromatic rings. The average molecular weight is 255 g/mol. The first-order valence-corrected chi connectivity index (χ1v) is 6.35. The lowest BCUT2D eigenvalue weighted by molar-refractivity contribution is -0.142. The number of carbonyl (C=O) groups is 2. The highest BCUT2D eigenvalue weighted by atomic mass is 16.6. The SMILES string of the molecule is CC(C)NC(=O)OC1/C=C/CCC(C(=O)O)CC1. The summed E-state index contributed by atoms with van der Waals surface area (Å²) in [6, 6.07) is 0.0294. The van der Waals surface area contributed by atoms with Crippen LogP contribution in [-0.4, -0.2) is 29.3 Å². The summed E-state index contributed by atoms with van der Waals surface area (Å²) in [6.07, 6.45) is 5.41. The molecule has 0 aliphatic heterocycles. The van der Waals surface area contributed by atoms with Gasteiger partial charge in [-0.05, 0) is 45.6 Å².